The number of rotatable bonds is 15. The van der Waals surface area contributed by atoms with Gasteiger partial charge < -0.3 is 19.3 Å². The molecule has 14 nitrogen and oxygen atoms in total. The van der Waals surface area contributed by atoms with Crippen LogP contribution in [0.3, 0.4) is 0 Å². The van der Waals surface area contributed by atoms with Crippen LogP contribution in [0.4, 0.5) is 27.2 Å². The maximum atomic E-state index is 13.1. The third kappa shape index (κ3) is 24.1. The van der Waals surface area contributed by atoms with Gasteiger partial charge in [-0.1, -0.05) is 123 Å². The minimum atomic E-state index is -3.49. The summed E-state index contributed by atoms with van der Waals surface area (Å²) in [6.45, 7) is 1.10. The summed E-state index contributed by atoms with van der Waals surface area (Å²) < 4.78 is 71.6. The third-order valence-corrected chi connectivity index (χ3v) is 23.0. The molecule has 4 unspecified atom stereocenters. The highest BCUT2D eigenvalue weighted by atomic mass is 32.2. The fourth-order valence-electron chi connectivity index (χ4n) is 15.6. The number of ether oxygens (including phenoxy) is 3. The lowest BCUT2D eigenvalue weighted by molar-refractivity contribution is -0.197. The second kappa shape index (κ2) is 38.0. The Balaban J connectivity index is 0.000000151. The molecule has 542 valence electrons. The standard InChI is InChI=1S/C18H22F2N2O4.2C18H15S.C14H20F2O3.C7H6N4O.B6H6.B6H3/c1-16(19,20)14(23)25-10-17-5-12-4-13(6-17)8-18(7-12,9-17)26-15(24)22-3-2-21-11-22;2*1-4-10-16(11-5-1)19(17-12-6-2-7-13-17)18-14-8-3-9-15-18;1-12(15,16)11(17)19-8-13-3-9-2-10(4-13)6-14(18,5-9)7-13;12-7(10-3-1-8-5-10)11-4-2-9-6-11;2*1-5(2)6(3)4/h2-3,11-13H,4-10H2,1H3;2*1-15H;9-10,18H,2-8H2,1H3;1-6H;1-2H3;1H3/q;2*+1;;;-2;-1. The Labute approximate surface area is 643 Å². The molecule has 8 aliphatic rings. The van der Waals surface area contributed by atoms with Crippen molar-refractivity contribution in [2.75, 3.05) is 13.2 Å². The predicted octanol–water partition coefficient (Wildman–Crippen LogP) is 9.10. The molecule has 6 aromatic carbocycles. The Bertz CT molecular complexity index is 3790. The zero-order valence-corrected chi connectivity index (χ0v) is 59.9. The summed E-state index contributed by atoms with van der Waals surface area (Å²) in [5.41, 5.74) is -1.89. The molecule has 0 aliphatic heterocycles. The zero-order valence-electron chi connectivity index (χ0n) is 58.2. The Hall–Kier alpha value is -7.81. The number of hydrogen-bond donors (Lipinski definition) is 1. The minimum Gasteiger partial charge on any atom is -0.461 e. The Morgan fingerprint density at radius 3 is 1.01 bits per heavy atom. The molecule has 0 spiro atoms. The molecule has 0 amide bonds. The van der Waals surface area contributed by atoms with E-state index >= 15 is 0 Å². The molecule has 8 fully saturated rings. The van der Waals surface area contributed by atoms with Crippen molar-refractivity contribution in [2.45, 2.75) is 143 Å². The van der Waals surface area contributed by atoms with Gasteiger partial charge in [0.1, 0.15) is 24.6 Å². The Kier molecular flexibility index (Phi) is 29.6. The highest BCUT2D eigenvalue weighted by Gasteiger charge is 2.61. The van der Waals surface area contributed by atoms with Crippen molar-refractivity contribution in [3.05, 3.63) is 238 Å². The first kappa shape index (κ1) is 83.2. The number of halogens is 4. The molecular weight excluding hydrogens is 1380 g/mol. The van der Waals surface area contributed by atoms with E-state index in [1.807, 2.05) is 0 Å². The number of nitrogens with zero attached hydrogens (tertiary/aromatic N) is 6. The van der Waals surface area contributed by atoms with E-state index in [0.717, 1.165) is 70.6 Å². The summed E-state index contributed by atoms with van der Waals surface area (Å²) >= 11 is 0. The van der Waals surface area contributed by atoms with E-state index in [1.54, 1.807) is 24.8 Å². The van der Waals surface area contributed by atoms with Gasteiger partial charge in [0.15, 0.2) is 29.4 Å². The number of aliphatic hydroxyl groups is 1. The second-order valence-corrected chi connectivity index (χ2v) is 31.7. The maximum absolute atomic E-state index is 13.1. The molecule has 10 radical (unpaired) electrons. The van der Waals surface area contributed by atoms with Crippen LogP contribution in [0, 0.1) is 34.5 Å². The summed E-state index contributed by atoms with van der Waals surface area (Å²) in [4.78, 5) is 66.1. The summed E-state index contributed by atoms with van der Waals surface area (Å²) in [7, 11) is 27.4. The molecule has 1 N–H and O–H groups in total. The summed E-state index contributed by atoms with van der Waals surface area (Å²) in [6.07, 6.45) is 24.0. The zero-order chi connectivity index (χ0) is 77.0. The number of alkyl halides is 4. The van der Waals surface area contributed by atoms with E-state index < -0.39 is 41.1 Å². The van der Waals surface area contributed by atoms with Crippen LogP contribution in [0.15, 0.2) is 268 Å². The summed E-state index contributed by atoms with van der Waals surface area (Å²) in [5.74, 6) is -8.19. The third-order valence-electron chi connectivity index (χ3n) is 18.6. The smallest absolute Gasteiger partial charge is 0.419 e. The molecular formula is C75H87B12F4N6O8S2-. The topological polar surface area (TPSA) is 170 Å². The van der Waals surface area contributed by atoms with Crippen LogP contribution in [0.2, 0.25) is 0 Å². The molecule has 4 atom stereocenters. The van der Waals surface area contributed by atoms with Gasteiger partial charge in [-0.15, -0.1) is 21.9 Å². The SMILES string of the molecule is CC(F)(F)C(=O)OCC12CC3CC(C1)CC(OC(=O)n1ccnc1)(C3)C2.CC(F)(F)C(=O)OCC12CC3CC(CC(O)(C3)C1)C2.O=C(n1ccnc1)n1ccnc1.[B]B([B])B([BH3-])[BH3-].[B]B([B])B([B])[BH3-].c1ccc([S+](c2ccccc2)c2ccccc2)cc1.c1ccc([S+](c2ccccc2)c2ccccc2)cc1. The first-order chi connectivity index (χ1) is 50.9. The lowest BCUT2D eigenvalue weighted by Gasteiger charge is -2.60. The lowest BCUT2D eigenvalue weighted by Crippen LogP contribution is -2.59. The van der Waals surface area contributed by atoms with Crippen molar-refractivity contribution in [1.29, 1.82) is 0 Å². The summed E-state index contributed by atoms with van der Waals surface area (Å²) in [6, 6.07) is 64.1. The van der Waals surface area contributed by atoms with Crippen LogP contribution < -0.4 is 0 Å². The Morgan fingerprint density at radius 1 is 0.477 bits per heavy atom. The normalized spacial score (nSPS) is 22.2. The quantitative estimate of drug-likeness (QED) is 0.0342. The fourth-order valence-corrected chi connectivity index (χ4v) is 19.8. The fraction of sp³-hybridized carbons (Fsp3) is 0.347. The highest BCUT2D eigenvalue weighted by Crippen LogP contribution is 2.64. The average molecular weight is 1470 g/mol. The van der Waals surface area contributed by atoms with Gasteiger partial charge in [0, 0.05) is 61.9 Å². The van der Waals surface area contributed by atoms with Gasteiger partial charge in [-0.3, -0.25) is 15.5 Å². The van der Waals surface area contributed by atoms with Crippen LogP contribution in [0.1, 0.15) is 90.9 Å². The van der Waals surface area contributed by atoms with Crippen molar-refractivity contribution in [3.8, 4) is 0 Å². The van der Waals surface area contributed by atoms with Crippen LogP contribution >= 0.6 is 0 Å². The number of imidazole rings is 3. The van der Waals surface area contributed by atoms with Crippen molar-refractivity contribution in [2.24, 2.45) is 34.5 Å². The van der Waals surface area contributed by atoms with Gasteiger partial charge in [0.2, 0.25) is 0 Å². The van der Waals surface area contributed by atoms with Crippen molar-refractivity contribution in [1.82, 2.24) is 28.7 Å². The van der Waals surface area contributed by atoms with Gasteiger partial charge >= 0.3 is 35.9 Å². The van der Waals surface area contributed by atoms with E-state index in [0.29, 0.717) is 65.8 Å². The molecule has 3 aromatic heterocycles. The van der Waals surface area contributed by atoms with Crippen molar-refractivity contribution < 1.29 is 56.1 Å². The van der Waals surface area contributed by atoms with E-state index in [9.17, 15) is 41.8 Å². The monoisotopic (exact) mass is 1470 g/mol. The van der Waals surface area contributed by atoms with Gasteiger partial charge in [-0.25, -0.2) is 38.7 Å². The molecule has 32 heteroatoms. The van der Waals surface area contributed by atoms with Gasteiger partial charge in [0.05, 0.1) is 40.6 Å². The van der Waals surface area contributed by atoms with Crippen LogP contribution in [0.5, 0.6) is 0 Å². The van der Waals surface area contributed by atoms with Gasteiger partial charge in [-0.05, 0) is 219 Å². The number of carbonyl (C=O) groups excluding carboxylic acids is 4. The number of benzene rings is 6. The van der Waals surface area contributed by atoms with Crippen molar-refractivity contribution >= 4 is 133 Å². The van der Waals surface area contributed by atoms with Crippen LogP contribution in [-0.4, -0.2) is 182 Å². The van der Waals surface area contributed by atoms with E-state index in [1.165, 1.54) is 74.4 Å². The van der Waals surface area contributed by atoms with Gasteiger partial charge in [0.25, 0.3) is 0 Å². The second-order valence-electron chi connectivity index (χ2n) is 27.7. The number of hydrogen-bond acceptors (Lipinski definition) is 11. The minimum absolute atomic E-state index is 0.0146. The largest absolute Gasteiger partial charge is 0.461 e. The van der Waals surface area contributed by atoms with Gasteiger partial charge in [-0.2, -0.15) is 17.6 Å². The molecule has 8 aliphatic carbocycles. The number of esters is 2. The first-order valence-electron chi connectivity index (χ1n) is 34.3. The molecule has 107 heavy (non-hydrogen) atoms. The highest BCUT2D eigenvalue weighted by molar-refractivity contribution is 7.97. The molecule has 0 saturated heterocycles. The summed E-state index contributed by atoms with van der Waals surface area (Å²) in [5, 5.41) is 10.5. The number of carbonyl (C=O) groups is 4. The molecule has 9 aromatic rings. The van der Waals surface area contributed by atoms with E-state index in [-0.39, 0.29) is 78.8 Å². The first-order valence-corrected chi connectivity index (χ1v) is 36.8. The molecule has 3 heterocycles. The number of aromatic nitrogens is 6. The molecule has 17 rings (SSSR count). The molecule has 8 bridgehead atoms. The lowest BCUT2D eigenvalue weighted by atomic mass is 8.81. The average Bonchev–Trinajstić information content (AvgIpc) is 1.58. The van der Waals surface area contributed by atoms with E-state index in [4.69, 9.17) is 52.9 Å². The van der Waals surface area contributed by atoms with Crippen molar-refractivity contribution in [3.63, 3.8) is 0 Å². The maximum Gasteiger partial charge on any atom is 0.419 e. The Morgan fingerprint density at radius 2 is 0.757 bits per heavy atom. The van der Waals surface area contributed by atoms with E-state index in [2.05, 4.69) is 197 Å². The molecule has 8 saturated carbocycles. The van der Waals surface area contributed by atoms with Crippen LogP contribution in [0.25, 0.3) is 0 Å². The van der Waals surface area contributed by atoms with Crippen LogP contribution in [-0.2, 0) is 45.6 Å². The predicted molar refractivity (Wildman–Crippen MR) is 434 cm³/mol.